The first kappa shape index (κ1) is 14.9. The monoisotopic (exact) mass is 304 g/mol. The van der Waals surface area contributed by atoms with E-state index in [4.69, 9.17) is 0 Å². The van der Waals surface area contributed by atoms with Crippen LogP contribution in [0.25, 0.3) is 0 Å². The maximum Gasteiger partial charge on any atom is 0.246 e. The van der Waals surface area contributed by atoms with Gasteiger partial charge >= 0.3 is 0 Å². The first-order valence-electron chi connectivity index (χ1n) is 8.35. The van der Waals surface area contributed by atoms with Crippen LogP contribution in [0.5, 0.6) is 0 Å². The molecule has 2 atom stereocenters. The van der Waals surface area contributed by atoms with Crippen molar-refractivity contribution in [1.29, 1.82) is 0 Å². The second kappa shape index (κ2) is 6.39. The summed E-state index contributed by atoms with van der Waals surface area (Å²) >= 11 is 0. The molecule has 0 aromatic heterocycles. The molecule has 5 rings (SSSR count). The molecule has 3 heteroatoms. The summed E-state index contributed by atoms with van der Waals surface area (Å²) in [6, 6.07) is 12.5. The zero-order valence-electron chi connectivity index (χ0n) is 12.5. The Balaban J connectivity index is 0.00000132. The summed E-state index contributed by atoms with van der Waals surface area (Å²) in [6.07, 6.45) is 9.56. The predicted octanol–water partition coefficient (Wildman–Crippen LogP) is -1.03. The number of halogens is 1. The normalized spacial score (nSPS) is 36.3. The zero-order chi connectivity index (χ0) is 13.4. The Hall–Kier alpha value is -1.02. The van der Waals surface area contributed by atoms with Gasteiger partial charge in [0.25, 0.3) is 0 Å². The van der Waals surface area contributed by atoms with Gasteiger partial charge in [-0.05, 0) is 50.5 Å². The van der Waals surface area contributed by atoms with E-state index in [1.165, 1.54) is 56.3 Å². The lowest BCUT2D eigenvalue weighted by Gasteiger charge is -2.34. The van der Waals surface area contributed by atoms with Crippen molar-refractivity contribution in [2.45, 2.75) is 62.9 Å². The molecular weight excluding hydrogens is 280 g/mol. The highest BCUT2D eigenvalue weighted by Crippen LogP contribution is 2.33. The first-order valence-corrected chi connectivity index (χ1v) is 8.35. The van der Waals surface area contributed by atoms with Crippen LogP contribution in [-0.2, 0) is 0 Å². The quantitative estimate of drug-likeness (QED) is 0.718. The lowest BCUT2D eigenvalue weighted by Crippen LogP contribution is -3.00. The molecule has 4 aliphatic rings. The van der Waals surface area contributed by atoms with Crippen molar-refractivity contribution in [1.82, 2.24) is 5.32 Å². The summed E-state index contributed by atoms with van der Waals surface area (Å²) in [5.41, 5.74) is 1.52. The van der Waals surface area contributed by atoms with E-state index < -0.39 is 0 Å². The average Bonchev–Trinajstić information content (AvgIpc) is 2.97. The number of fused-ring (bicyclic) bond motifs is 3. The van der Waals surface area contributed by atoms with E-state index in [1.807, 2.05) is 0 Å². The fourth-order valence-electron chi connectivity index (χ4n) is 4.46. The molecule has 2 bridgehead atoms. The van der Waals surface area contributed by atoms with Crippen molar-refractivity contribution < 1.29 is 17.4 Å². The first-order chi connectivity index (χ1) is 9.90. The molecule has 0 radical (unpaired) electrons. The van der Waals surface area contributed by atoms with E-state index in [-0.39, 0.29) is 12.4 Å². The van der Waals surface area contributed by atoms with Gasteiger partial charge in [0.05, 0.1) is 12.0 Å². The maximum atomic E-state index is 3.90. The minimum atomic E-state index is 0. The summed E-state index contributed by atoms with van der Waals surface area (Å²) < 4.78 is 0. The topological polar surface area (TPSA) is 26.0 Å². The van der Waals surface area contributed by atoms with Crippen molar-refractivity contribution >= 4 is 5.84 Å². The third-order valence-corrected chi connectivity index (χ3v) is 5.58. The van der Waals surface area contributed by atoms with Crippen LogP contribution in [0, 0.1) is 5.92 Å². The zero-order valence-corrected chi connectivity index (χ0v) is 13.3. The molecule has 2 N–H and O–H groups in total. The Morgan fingerprint density at radius 2 is 1.67 bits per heavy atom. The average molecular weight is 305 g/mol. The Kier molecular flexibility index (Phi) is 4.54. The van der Waals surface area contributed by atoms with Gasteiger partial charge in [0, 0.05) is 5.92 Å². The predicted molar refractivity (Wildman–Crippen MR) is 81.7 cm³/mol. The number of piperidine rings is 2. The molecule has 2 nitrogen and oxygen atoms in total. The minimum absolute atomic E-state index is 0. The minimum Gasteiger partial charge on any atom is -1.00 e. The van der Waals surface area contributed by atoms with Crippen LogP contribution in [0.1, 0.15) is 56.4 Å². The molecular formula is C18H25ClN2. The van der Waals surface area contributed by atoms with Gasteiger partial charge in [-0.3, -0.25) is 10.3 Å². The van der Waals surface area contributed by atoms with Crippen LogP contribution in [0.2, 0.25) is 0 Å². The summed E-state index contributed by atoms with van der Waals surface area (Å²) in [6.45, 7) is 0. The van der Waals surface area contributed by atoms with Crippen molar-refractivity contribution in [3.05, 3.63) is 35.9 Å². The molecule has 0 amide bonds. The molecule has 2 saturated carbocycles. The van der Waals surface area contributed by atoms with Crippen LogP contribution in [0.3, 0.4) is 0 Å². The van der Waals surface area contributed by atoms with E-state index in [1.54, 1.807) is 0 Å². The highest BCUT2D eigenvalue weighted by Gasteiger charge is 2.39. The fourth-order valence-corrected chi connectivity index (χ4v) is 4.46. The molecule has 114 valence electrons. The van der Waals surface area contributed by atoms with Crippen LogP contribution in [0.15, 0.2) is 30.3 Å². The Bertz CT molecular complexity index is 491. The van der Waals surface area contributed by atoms with Crippen LogP contribution in [0.4, 0.5) is 0 Å². The number of hydrogen-bond acceptors (Lipinski definition) is 0. The van der Waals surface area contributed by atoms with E-state index in [2.05, 4.69) is 40.6 Å². The lowest BCUT2D eigenvalue weighted by atomic mass is 9.80. The number of rotatable bonds is 2. The number of nitrogens with one attached hydrogen (secondary N) is 2. The van der Waals surface area contributed by atoms with Gasteiger partial charge in [0.2, 0.25) is 5.84 Å². The third kappa shape index (κ3) is 2.96. The number of benzene rings is 1. The molecule has 21 heavy (non-hydrogen) atoms. The fraction of sp³-hybridized carbons (Fsp3) is 0.611. The van der Waals surface area contributed by atoms with E-state index in [0.717, 1.165) is 12.0 Å². The molecule has 2 saturated heterocycles. The second-order valence-electron chi connectivity index (χ2n) is 6.81. The van der Waals surface area contributed by atoms with Gasteiger partial charge < -0.3 is 12.4 Å². The highest BCUT2D eigenvalue weighted by atomic mass is 35.5. The van der Waals surface area contributed by atoms with Crippen LogP contribution in [-0.4, -0.2) is 17.9 Å². The Morgan fingerprint density at radius 1 is 0.905 bits per heavy atom. The smallest absolute Gasteiger partial charge is 0.246 e. The SMILES string of the molecule is [Cl-].c1ccc([C@@H]2CCC[C@@H]2[NH+]=C2NC3CCC2CC3)cc1. The highest BCUT2D eigenvalue weighted by molar-refractivity contribution is 5.81. The van der Waals surface area contributed by atoms with E-state index in [9.17, 15) is 0 Å². The summed E-state index contributed by atoms with van der Waals surface area (Å²) in [5, 5.41) is 3.76. The van der Waals surface area contributed by atoms with Crippen LogP contribution < -0.4 is 22.7 Å². The lowest BCUT2D eigenvalue weighted by molar-refractivity contribution is -0.510. The Morgan fingerprint density at radius 3 is 2.33 bits per heavy atom. The molecule has 2 aliphatic heterocycles. The van der Waals surface area contributed by atoms with Crippen molar-refractivity contribution in [2.75, 3.05) is 0 Å². The number of hydrogen-bond donors (Lipinski definition) is 2. The van der Waals surface area contributed by atoms with Crippen molar-refractivity contribution in [3.63, 3.8) is 0 Å². The number of amidine groups is 1. The largest absolute Gasteiger partial charge is 1.00 e. The van der Waals surface area contributed by atoms with Gasteiger partial charge in [0.15, 0.2) is 0 Å². The molecule has 1 aromatic carbocycles. The summed E-state index contributed by atoms with van der Waals surface area (Å²) in [5.74, 6) is 2.96. The summed E-state index contributed by atoms with van der Waals surface area (Å²) in [4.78, 5) is 3.90. The standard InChI is InChI=1S/C18H24N2.ClH/c1-2-5-13(6-3-1)16-7-4-8-17(16)20-18-14-9-11-15(19-18)12-10-14;/h1-3,5-6,14-17H,4,7-12H2,(H,19,20);1H/t14?,15?,16-,17-;/m0./s1. The van der Waals surface area contributed by atoms with Crippen molar-refractivity contribution in [3.8, 4) is 0 Å². The molecule has 2 aliphatic carbocycles. The molecule has 0 unspecified atom stereocenters. The van der Waals surface area contributed by atoms with Crippen molar-refractivity contribution in [2.24, 2.45) is 5.92 Å². The molecule has 1 aromatic rings. The second-order valence-corrected chi connectivity index (χ2v) is 6.81. The summed E-state index contributed by atoms with van der Waals surface area (Å²) in [7, 11) is 0. The molecule has 2 heterocycles. The maximum absolute atomic E-state index is 3.90. The van der Waals surface area contributed by atoms with E-state index >= 15 is 0 Å². The van der Waals surface area contributed by atoms with Gasteiger partial charge in [-0.15, -0.1) is 0 Å². The van der Waals surface area contributed by atoms with Gasteiger partial charge in [-0.25, -0.2) is 0 Å². The van der Waals surface area contributed by atoms with Gasteiger partial charge in [-0.2, -0.15) is 0 Å². The molecule has 0 spiro atoms. The van der Waals surface area contributed by atoms with Crippen LogP contribution >= 0.6 is 0 Å². The van der Waals surface area contributed by atoms with Gasteiger partial charge in [-0.1, -0.05) is 30.3 Å². The third-order valence-electron chi connectivity index (χ3n) is 5.58. The van der Waals surface area contributed by atoms with Gasteiger partial charge in [0.1, 0.15) is 6.04 Å². The Labute approximate surface area is 133 Å². The molecule has 4 fully saturated rings. The van der Waals surface area contributed by atoms with E-state index in [0.29, 0.717) is 12.0 Å².